The molecule has 0 fully saturated rings. The molecule has 0 rings (SSSR count). The highest BCUT2D eigenvalue weighted by Gasteiger charge is 1.70. The predicted octanol–water partition coefficient (Wildman–Crippen LogP) is -3.78. The summed E-state index contributed by atoms with van der Waals surface area (Å²) in [6.07, 6.45) is 0.769. The van der Waals surface area contributed by atoms with Crippen LogP contribution in [0.15, 0.2) is 12.2 Å². The van der Waals surface area contributed by atoms with E-state index in [0.29, 0.717) is 12.2 Å². The van der Waals surface area contributed by atoms with Crippen molar-refractivity contribution in [1.29, 1.82) is 0 Å². The van der Waals surface area contributed by atoms with E-state index in [1.165, 1.54) is 0 Å². The first-order valence-corrected chi connectivity index (χ1v) is 1.73. The van der Waals surface area contributed by atoms with Gasteiger partial charge in [0.05, 0.1) is 11.9 Å². The normalized spacial score (nSPS) is 8.44. The number of aliphatic carboxylic acids is 2. The van der Waals surface area contributed by atoms with Crippen LogP contribution in [0.4, 0.5) is 0 Å². The molecule has 5 nitrogen and oxygen atoms in total. The van der Waals surface area contributed by atoms with Crippen molar-refractivity contribution < 1.29 is 25.3 Å². The Bertz CT molecular complexity index is 120. The lowest BCUT2D eigenvalue weighted by Crippen LogP contribution is -2.23. The van der Waals surface area contributed by atoms with Gasteiger partial charge in [0.15, 0.2) is 0 Å². The Hall–Kier alpha value is -1.36. The van der Waals surface area contributed by atoms with E-state index in [-0.39, 0.29) is 5.48 Å². The Labute approximate surface area is 50.5 Å². The summed E-state index contributed by atoms with van der Waals surface area (Å²) in [5.74, 6) is -3.09. The van der Waals surface area contributed by atoms with Crippen molar-refractivity contribution in [3.05, 3.63) is 12.2 Å². The molecule has 0 bridgehead atoms. The van der Waals surface area contributed by atoms with Crippen LogP contribution in [-0.4, -0.2) is 17.4 Å². The topological polar surface area (TPSA) is 112 Å². The van der Waals surface area contributed by atoms with E-state index in [9.17, 15) is 19.8 Å². The highest BCUT2D eigenvalue weighted by molar-refractivity contribution is 5.87. The van der Waals surface area contributed by atoms with E-state index in [1.54, 1.807) is 0 Å². The maximum absolute atomic E-state index is 9.41. The quantitative estimate of drug-likeness (QED) is 0.359. The molecule has 0 aromatic carbocycles. The van der Waals surface area contributed by atoms with Crippen molar-refractivity contribution in [1.82, 2.24) is 0 Å². The van der Waals surface area contributed by atoms with E-state index in [2.05, 4.69) is 0 Å². The minimum absolute atomic E-state index is 0. The summed E-state index contributed by atoms with van der Waals surface area (Å²) in [6, 6.07) is 0. The summed E-state index contributed by atoms with van der Waals surface area (Å²) >= 11 is 0. The third kappa shape index (κ3) is 10.8. The second-order valence-electron chi connectivity index (χ2n) is 0.971. The standard InChI is InChI=1S/C4H4O4.H2O/c5-3(6)1-2-4(7)8;/h1-2H,(H,5,6)(H,7,8);1H2/p-2/b2-1+;. The van der Waals surface area contributed by atoms with Gasteiger partial charge in [0.1, 0.15) is 0 Å². The van der Waals surface area contributed by atoms with Crippen molar-refractivity contribution in [2.45, 2.75) is 0 Å². The molecule has 0 unspecified atom stereocenters. The number of carbonyl (C=O) groups is 2. The summed E-state index contributed by atoms with van der Waals surface area (Å²) < 4.78 is 0. The second kappa shape index (κ2) is 4.79. The van der Waals surface area contributed by atoms with Crippen molar-refractivity contribution >= 4 is 11.9 Å². The van der Waals surface area contributed by atoms with Crippen LogP contribution < -0.4 is 10.2 Å². The molecule has 9 heavy (non-hydrogen) atoms. The number of carboxylic acids is 2. The third-order valence-corrected chi connectivity index (χ3v) is 0.355. The van der Waals surface area contributed by atoms with Gasteiger partial charge < -0.3 is 25.3 Å². The summed E-state index contributed by atoms with van der Waals surface area (Å²) in [4.78, 5) is 18.8. The summed E-state index contributed by atoms with van der Waals surface area (Å²) in [5.41, 5.74) is 0. The zero-order valence-electron chi connectivity index (χ0n) is 4.29. The molecule has 0 saturated carbocycles. The van der Waals surface area contributed by atoms with Gasteiger partial charge in [0.2, 0.25) is 0 Å². The summed E-state index contributed by atoms with van der Waals surface area (Å²) in [7, 11) is 0. The zero-order chi connectivity index (χ0) is 6.57. The molecule has 2 N–H and O–H groups in total. The lowest BCUT2D eigenvalue weighted by atomic mass is 10.5. The molecule has 52 valence electrons. The van der Waals surface area contributed by atoms with Crippen LogP contribution in [0.25, 0.3) is 0 Å². The second-order valence-corrected chi connectivity index (χ2v) is 0.971. The maximum atomic E-state index is 9.41. The van der Waals surface area contributed by atoms with Gasteiger partial charge in [-0.25, -0.2) is 0 Å². The average Bonchev–Trinajstić information content (AvgIpc) is 1.61. The molecule has 0 saturated heterocycles. The zero-order valence-corrected chi connectivity index (χ0v) is 4.29. The van der Waals surface area contributed by atoms with E-state index < -0.39 is 11.9 Å². The van der Waals surface area contributed by atoms with Crippen molar-refractivity contribution in [3.8, 4) is 0 Å². The van der Waals surface area contributed by atoms with E-state index in [1.807, 2.05) is 0 Å². The molecule has 0 atom stereocenters. The molecule has 0 aliphatic carbocycles. The molecule has 0 heterocycles. The number of hydrogen-bond acceptors (Lipinski definition) is 4. The van der Waals surface area contributed by atoms with Gasteiger partial charge in [0, 0.05) is 0 Å². The highest BCUT2D eigenvalue weighted by Crippen LogP contribution is 1.64. The Morgan fingerprint density at radius 2 is 1.22 bits per heavy atom. The molecule has 0 spiro atoms. The van der Waals surface area contributed by atoms with Crippen molar-refractivity contribution in [2.75, 3.05) is 0 Å². The minimum Gasteiger partial charge on any atom is -0.545 e. The number of carbonyl (C=O) groups excluding carboxylic acids is 2. The molecule has 0 amide bonds. The molecule has 0 aromatic rings. The van der Waals surface area contributed by atoms with Crippen LogP contribution >= 0.6 is 0 Å². The van der Waals surface area contributed by atoms with Crippen molar-refractivity contribution in [3.63, 3.8) is 0 Å². The molecule has 0 aliphatic heterocycles. The third-order valence-electron chi connectivity index (χ3n) is 0.355. The fourth-order valence-electron chi connectivity index (χ4n) is 0.136. The molecule has 0 aliphatic rings. The molecule has 5 heteroatoms. The Morgan fingerprint density at radius 1 is 1.00 bits per heavy atom. The lowest BCUT2D eigenvalue weighted by Gasteiger charge is -1.90. The summed E-state index contributed by atoms with van der Waals surface area (Å²) in [5, 5.41) is 18.8. The number of carboxylic acid groups (broad SMARTS) is 2. The largest absolute Gasteiger partial charge is 0.545 e. The van der Waals surface area contributed by atoms with Gasteiger partial charge in [-0.1, -0.05) is 0 Å². The Morgan fingerprint density at radius 3 is 1.33 bits per heavy atom. The van der Waals surface area contributed by atoms with Gasteiger partial charge in [-0.05, 0) is 12.2 Å². The van der Waals surface area contributed by atoms with Crippen LogP contribution in [0.5, 0.6) is 0 Å². The lowest BCUT2D eigenvalue weighted by molar-refractivity contribution is -0.301. The highest BCUT2D eigenvalue weighted by atomic mass is 16.4. The monoisotopic (exact) mass is 132 g/mol. The van der Waals surface area contributed by atoms with E-state index >= 15 is 0 Å². The van der Waals surface area contributed by atoms with Crippen LogP contribution in [0.1, 0.15) is 0 Å². The fourth-order valence-corrected chi connectivity index (χ4v) is 0.136. The average molecular weight is 132 g/mol. The van der Waals surface area contributed by atoms with E-state index in [0.717, 1.165) is 0 Å². The van der Waals surface area contributed by atoms with Gasteiger partial charge in [0.25, 0.3) is 0 Å². The van der Waals surface area contributed by atoms with Crippen LogP contribution in [-0.2, 0) is 9.59 Å². The predicted molar refractivity (Wildman–Crippen MR) is 22.8 cm³/mol. The van der Waals surface area contributed by atoms with Gasteiger partial charge >= 0.3 is 0 Å². The van der Waals surface area contributed by atoms with Crippen molar-refractivity contribution in [2.24, 2.45) is 0 Å². The van der Waals surface area contributed by atoms with E-state index in [4.69, 9.17) is 0 Å². The molecular formula is C4H4O5-2. The number of rotatable bonds is 2. The first-order valence-electron chi connectivity index (χ1n) is 1.73. The van der Waals surface area contributed by atoms with Gasteiger partial charge in [-0.3, -0.25) is 0 Å². The fraction of sp³-hybridized carbons (Fsp3) is 0. The Kier molecular flexibility index (Phi) is 5.64. The summed E-state index contributed by atoms with van der Waals surface area (Å²) in [6.45, 7) is 0. The van der Waals surface area contributed by atoms with Gasteiger partial charge in [-0.2, -0.15) is 0 Å². The molecule has 0 radical (unpaired) electrons. The number of hydrogen-bond donors (Lipinski definition) is 0. The van der Waals surface area contributed by atoms with Crippen LogP contribution in [0.2, 0.25) is 0 Å². The first-order chi connectivity index (χ1) is 3.63. The molecule has 0 aromatic heterocycles. The SMILES string of the molecule is O.O=C([O-])/C=C/C(=O)[O-]. The first kappa shape index (κ1) is 10.6. The minimum atomic E-state index is -1.55. The smallest absolute Gasteiger partial charge is 0.0643 e. The molecular weight excluding hydrogens is 128 g/mol. The van der Waals surface area contributed by atoms with Crippen LogP contribution in [0.3, 0.4) is 0 Å². The van der Waals surface area contributed by atoms with Gasteiger partial charge in [-0.15, -0.1) is 0 Å². The maximum Gasteiger partial charge on any atom is 0.0643 e. The van der Waals surface area contributed by atoms with Crippen LogP contribution in [0, 0.1) is 0 Å². The Balaban J connectivity index is 0.